The first-order valence-corrected chi connectivity index (χ1v) is 9.99. The summed E-state index contributed by atoms with van der Waals surface area (Å²) in [6.45, 7) is 5.18. The van der Waals surface area contributed by atoms with Crippen molar-refractivity contribution in [2.45, 2.75) is 25.9 Å². The van der Waals surface area contributed by atoms with Crippen molar-refractivity contribution in [3.63, 3.8) is 0 Å². The zero-order valence-corrected chi connectivity index (χ0v) is 16.8. The highest BCUT2D eigenvalue weighted by Gasteiger charge is 2.24. The van der Waals surface area contributed by atoms with Gasteiger partial charge in [-0.05, 0) is 30.7 Å². The standard InChI is InChI=1S/C23H26FN3O2/c1-3-18-16-29-12-11-26(18)14-17-15-27(19-7-5-4-6-8-19)25-23(17)21-10-9-20(28-2)13-22(21)24/h4-10,13,15,18H,3,11-12,14,16H2,1-2H3. The molecule has 1 saturated heterocycles. The molecule has 3 aromatic rings. The molecule has 5 nitrogen and oxygen atoms in total. The lowest BCUT2D eigenvalue weighted by Gasteiger charge is -2.34. The molecule has 2 aromatic carbocycles. The first kappa shape index (κ1) is 19.6. The number of benzene rings is 2. The second-order valence-electron chi connectivity index (χ2n) is 7.24. The number of hydrogen-bond donors (Lipinski definition) is 0. The van der Waals surface area contributed by atoms with E-state index in [1.54, 1.807) is 12.1 Å². The van der Waals surface area contributed by atoms with Gasteiger partial charge >= 0.3 is 0 Å². The minimum Gasteiger partial charge on any atom is -0.497 e. The second-order valence-corrected chi connectivity index (χ2v) is 7.24. The largest absolute Gasteiger partial charge is 0.497 e. The summed E-state index contributed by atoms with van der Waals surface area (Å²) in [6.07, 6.45) is 3.02. The van der Waals surface area contributed by atoms with E-state index in [9.17, 15) is 4.39 Å². The van der Waals surface area contributed by atoms with Crippen LogP contribution in [0.3, 0.4) is 0 Å². The highest BCUT2D eigenvalue weighted by molar-refractivity contribution is 5.65. The fraction of sp³-hybridized carbons (Fsp3) is 0.348. The molecule has 1 aromatic heterocycles. The van der Waals surface area contributed by atoms with E-state index in [0.717, 1.165) is 37.4 Å². The van der Waals surface area contributed by atoms with Crippen LogP contribution in [0, 0.1) is 5.82 Å². The van der Waals surface area contributed by atoms with Crippen molar-refractivity contribution in [2.75, 3.05) is 26.9 Å². The predicted octanol–water partition coefficient (Wildman–Crippen LogP) is 4.30. The Hall–Kier alpha value is -2.70. The predicted molar refractivity (Wildman–Crippen MR) is 111 cm³/mol. The number of para-hydroxylation sites is 1. The maximum absolute atomic E-state index is 14.9. The molecule has 4 rings (SSSR count). The van der Waals surface area contributed by atoms with Crippen molar-refractivity contribution < 1.29 is 13.9 Å². The van der Waals surface area contributed by atoms with Crippen LogP contribution in [0.1, 0.15) is 18.9 Å². The third-order valence-electron chi connectivity index (χ3n) is 5.44. The topological polar surface area (TPSA) is 39.5 Å². The van der Waals surface area contributed by atoms with Crippen LogP contribution in [-0.4, -0.2) is 47.6 Å². The van der Waals surface area contributed by atoms with Crippen molar-refractivity contribution in [1.29, 1.82) is 0 Å². The summed E-state index contributed by atoms with van der Waals surface area (Å²) in [7, 11) is 1.54. The monoisotopic (exact) mass is 395 g/mol. The van der Waals surface area contributed by atoms with Crippen molar-refractivity contribution >= 4 is 0 Å². The molecule has 2 heterocycles. The van der Waals surface area contributed by atoms with Crippen molar-refractivity contribution in [3.05, 3.63) is 66.1 Å². The van der Waals surface area contributed by atoms with Crippen LogP contribution in [0.2, 0.25) is 0 Å². The number of halogens is 1. The third-order valence-corrected chi connectivity index (χ3v) is 5.44. The fourth-order valence-electron chi connectivity index (χ4n) is 3.77. The summed E-state index contributed by atoms with van der Waals surface area (Å²) in [5.74, 6) is 0.160. The molecule has 1 aliphatic rings. The van der Waals surface area contributed by atoms with E-state index >= 15 is 0 Å². The molecular formula is C23H26FN3O2. The van der Waals surface area contributed by atoms with Crippen LogP contribution in [0.5, 0.6) is 5.75 Å². The number of rotatable bonds is 6. The van der Waals surface area contributed by atoms with E-state index in [1.165, 1.54) is 13.2 Å². The fourth-order valence-corrected chi connectivity index (χ4v) is 3.77. The maximum atomic E-state index is 14.9. The van der Waals surface area contributed by atoms with Crippen LogP contribution in [0.15, 0.2) is 54.7 Å². The zero-order valence-electron chi connectivity index (χ0n) is 16.8. The first-order chi connectivity index (χ1) is 14.2. The van der Waals surface area contributed by atoms with Gasteiger partial charge in [-0.3, -0.25) is 4.90 Å². The molecule has 0 spiro atoms. The Morgan fingerprint density at radius 2 is 2.03 bits per heavy atom. The molecule has 1 unspecified atom stereocenters. The van der Waals surface area contributed by atoms with E-state index in [4.69, 9.17) is 14.6 Å². The van der Waals surface area contributed by atoms with Crippen molar-refractivity contribution in [3.8, 4) is 22.7 Å². The summed E-state index contributed by atoms with van der Waals surface area (Å²) in [6, 6.07) is 15.2. The normalized spacial score (nSPS) is 17.4. The SMILES string of the molecule is CCC1COCCN1Cc1cn(-c2ccccc2)nc1-c1ccc(OC)cc1F. The Balaban J connectivity index is 1.75. The summed E-state index contributed by atoms with van der Waals surface area (Å²) in [5, 5.41) is 4.76. The van der Waals surface area contributed by atoms with Crippen LogP contribution in [0.25, 0.3) is 16.9 Å². The first-order valence-electron chi connectivity index (χ1n) is 9.99. The Kier molecular flexibility index (Phi) is 5.92. The Morgan fingerprint density at radius 3 is 2.76 bits per heavy atom. The van der Waals surface area contributed by atoms with Crippen LogP contribution >= 0.6 is 0 Å². The number of methoxy groups -OCH3 is 1. The van der Waals surface area contributed by atoms with E-state index < -0.39 is 0 Å². The number of morpholine rings is 1. The number of nitrogens with zero attached hydrogens (tertiary/aromatic N) is 3. The van der Waals surface area contributed by atoms with Gasteiger partial charge in [-0.25, -0.2) is 9.07 Å². The number of hydrogen-bond acceptors (Lipinski definition) is 4. The minimum absolute atomic E-state index is 0.335. The summed E-state index contributed by atoms with van der Waals surface area (Å²) >= 11 is 0. The average molecular weight is 395 g/mol. The molecule has 0 amide bonds. The molecule has 0 N–H and O–H groups in total. The highest BCUT2D eigenvalue weighted by atomic mass is 19.1. The smallest absolute Gasteiger partial charge is 0.136 e. The van der Waals surface area contributed by atoms with Gasteiger partial charge < -0.3 is 9.47 Å². The summed E-state index contributed by atoms with van der Waals surface area (Å²) in [5.41, 5.74) is 3.09. The molecule has 1 atom stereocenters. The van der Waals surface area contributed by atoms with E-state index in [2.05, 4.69) is 11.8 Å². The van der Waals surface area contributed by atoms with Gasteiger partial charge in [0.2, 0.25) is 0 Å². The van der Waals surface area contributed by atoms with Gasteiger partial charge in [-0.2, -0.15) is 5.10 Å². The molecule has 152 valence electrons. The van der Waals surface area contributed by atoms with Crippen LogP contribution < -0.4 is 4.74 Å². The Morgan fingerprint density at radius 1 is 1.21 bits per heavy atom. The van der Waals surface area contributed by atoms with Gasteiger partial charge in [-0.15, -0.1) is 0 Å². The third kappa shape index (κ3) is 4.18. The average Bonchev–Trinajstić information content (AvgIpc) is 3.18. The molecule has 0 aliphatic carbocycles. The number of aromatic nitrogens is 2. The van der Waals surface area contributed by atoms with E-state index in [-0.39, 0.29) is 5.82 Å². The second kappa shape index (κ2) is 8.76. The van der Waals surface area contributed by atoms with Crippen LogP contribution in [-0.2, 0) is 11.3 Å². The van der Waals surface area contributed by atoms with Gasteiger partial charge in [0.25, 0.3) is 0 Å². The van der Waals surface area contributed by atoms with Gasteiger partial charge in [0.1, 0.15) is 17.3 Å². The molecule has 6 heteroatoms. The maximum Gasteiger partial charge on any atom is 0.136 e. The molecule has 1 fully saturated rings. The lowest BCUT2D eigenvalue weighted by atomic mass is 10.1. The van der Waals surface area contributed by atoms with E-state index in [0.29, 0.717) is 29.6 Å². The molecule has 0 radical (unpaired) electrons. The highest BCUT2D eigenvalue weighted by Crippen LogP contribution is 2.30. The van der Waals surface area contributed by atoms with Gasteiger partial charge in [0, 0.05) is 42.5 Å². The van der Waals surface area contributed by atoms with Gasteiger partial charge in [0.15, 0.2) is 0 Å². The molecule has 1 aliphatic heterocycles. The zero-order chi connectivity index (χ0) is 20.2. The minimum atomic E-state index is -0.335. The van der Waals surface area contributed by atoms with Crippen LogP contribution in [0.4, 0.5) is 4.39 Å². The van der Waals surface area contributed by atoms with Gasteiger partial charge in [0.05, 0.1) is 26.0 Å². The number of ether oxygens (including phenoxy) is 2. The summed E-state index contributed by atoms with van der Waals surface area (Å²) in [4.78, 5) is 2.40. The lowest BCUT2D eigenvalue weighted by molar-refractivity contribution is -0.0126. The molecule has 0 saturated carbocycles. The van der Waals surface area contributed by atoms with Gasteiger partial charge in [-0.1, -0.05) is 25.1 Å². The Labute approximate surface area is 170 Å². The molecule has 29 heavy (non-hydrogen) atoms. The van der Waals surface area contributed by atoms with Crippen molar-refractivity contribution in [1.82, 2.24) is 14.7 Å². The molecular weight excluding hydrogens is 369 g/mol. The van der Waals surface area contributed by atoms with E-state index in [1.807, 2.05) is 41.2 Å². The lowest BCUT2D eigenvalue weighted by Crippen LogP contribution is -2.44. The van der Waals surface area contributed by atoms with Crippen molar-refractivity contribution in [2.24, 2.45) is 0 Å². The molecule has 0 bridgehead atoms. The summed E-state index contributed by atoms with van der Waals surface area (Å²) < 4.78 is 27.5. The quantitative estimate of drug-likeness (QED) is 0.624. The Bertz CT molecular complexity index is 958.